The van der Waals surface area contributed by atoms with E-state index in [1.807, 2.05) is 6.20 Å². The van der Waals surface area contributed by atoms with Crippen molar-refractivity contribution in [1.82, 2.24) is 9.88 Å². The summed E-state index contributed by atoms with van der Waals surface area (Å²) in [5, 5.41) is 0. The Morgan fingerprint density at radius 2 is 2.00 bits per heavy atom. The van der Waals surface area contributed by atoms with Crippen LogP contribution in [0, 0.1) is 0 Å². The van der Waals surface area contributed by atoms with Gasteiger partial charge in [-0.15, -0.1) is 0 Å². The molecule has 1 aromatic rings. The van der Waals surface area contributed by atoms with Gasteiger partial charge in [0.25, 0.3) is 0 Å². The first-order valence-electron chi connectivity index (χ1n) is 5.99. The van der Waals surface area contributed by atoms with Gasteiger partial charge in [-0.25, -0.2) is 0 Å². The minimum atomic E-state index is 0.387. The first kappa shape index (κ1) is 10.7. The van der Waals surface area contributed by atoms with Crippen molar-refractivity contribution in [2.45, 2.75) is 31.7 Å². The van der Waals surface area contributed by atoms with E-state index in [9.17, 15) is 0 Å². The Labute approximate surface area is 91.7 Å². The predicted octanol–water partition coefficient (Wildman–Crippen LogP) is 1.89. The van der Waals surface area contributed by atoms with Gasteiger partial charge in [-0.05, 0) is 38.1 Å². The van der Waals surface area contributed by atoms with E-state index in [0.29, 0.717) is 12.6 Å². The maximum Gasteiger partial charge on any atom is 0.0622 e. The second-order valence-electron chi connectivity index (χ2n) is 4.33. The van der Waals surface area contributed by atoms with Crippen LogP contribution in [0.2, 0.25) is 0 Å². The molecule has 0 bridgehead atoms. The summed E-state index contributed by atoms with van der Waals surface area (Å²) in [5.74, 6) is 0. The summed E-state index contributed by atoms with van der Waals surface area (Å²) < 4.78 is 0. The molecule has 0 saturated carbocycles. The maximum absolute atomic E-state index is 5.88. The summed E-state index contributed by atoms with van der Waals surface area (Å²) in [7, 11) is 0. The van der Waals surface area contributed by atoms with E-state index in [2.05, 4.69) is 22.0 Å². The van der Waals surface area contributed by atoms with Gasteiger partial charge < -0.3 is 10.7 Å². The van der Waals surface area contributed by atoms with E-state index >= 15 is 0 Å². The van der Waals surface area contributed by atoms with Gasteiger partial charge in [-0.2, -0.15) is 0 Å². The molecule has 3 nitrogen and oxygen atoms in total. The second-order valence-corrected chi connectivity index (χ2v) is 4.33. The van der Waals surface area contributed by atoms with Crippen molar-refractivity contribution in [3.8, 4) is 0 Å². The van der Waals surface area contributed by atoms with E-state index in [4.69, 9.17) is 5.73 Å². The molecule has 15 heavy (non-hydrogen) atoms. The fraction of sp³-hybridized carbons (Fsp3) is 0.667. The number of aromatic nitrogens is 1. The fourth-order valence-electron chi connectivity index (χ4n) is 2.43. The highest BCUT2D eigenvalue weighted by Crippen LogP contribution is 2.21. The Kier molecular flexibility index (Phi) is 3.80. The lowest BCUT2D eigenvalue weighted by atomic mass is 10.1. The molecular formula is C12H21N3. The first-order chi connectivity index (χ1) is 7.42. The molecule has 1 unspecified atom stereocenters. The lowest BCUT2D eigenvalue weighted by molar-refractivity contribution is 0.206. The zero-order valence-electron chi connectivity index (χ0n) is 9.28. The number of nitrogens with zero attached hydrogens (tertiary/aromatic N) is 1. The van der Waals surface area contributed by atoms with Crippen molar-refractivity contribution in [2.24, 2.45) is 5.73 Å². The third-order valence-electron chi connectivity index (χ3n) is 3.29. The van der Waals surface area contributed by atoms with Crippen LogP contribution in [0.5, 0.6) is 0 Å². The smallest absolute Gasteiger partial charge is 0.0622 e. The van der Waals surface area contributed by atoms with Crippen LogP contribution in [-0.2, 0) is 0 Å². The Bertz CT molecular complexity index is 260. The Balaban J connectivity index is 2.04. The van der Waals surface area contributed by atoms with Gasteiger partial charge in [0.2, 0.25) is 0 Å². The highest BCUT2D eigenvalue weighted by Gasteiger charge is 2.20. The molecule has 1 fully saturated rings. The quantitative estimate of drug-likeness (QED) is 0.795. The summed E-state index contributed by atoms with van der Waals surface area (Å²) in [6.45, 7) is 3.10. The zero-order valence-corrected chi connectivity index (χ0v) is 9.28. The Morgan fingerprint density at radius 1 is 1.27 bits per heavy atom. The Morgan fingerprint density at radius 3 is 2.53 bits per heavy atom. The zero-order chi connectivity index (χ0) is 10.5. The standard InChI is InChI=1S/C12H21N3/c13-10-12(11-6-5-7-14-11)15-8-3-1-2-4-9-15/h5-7,12,14H,1-4,8-10,13H2. The number of nitrogens with two attached hydrogens (primary N) is 1. The average molecular weight is 207 g/mol. The van der Waals surface area contributed by atoms with Crippen LogP contribution in [0.1, 0.15) is 37.4 Å². The molecule has 1 aliphatic rings. The summed E-state index contributed by atoms with van der Waals surface area (Å²) >= 11 is 0. The normalized spacial score (nSPS) is 21.1. The average Bonchev–Trinajstić information content (AvgIpc) is 2.63. The van der Waals surface area contributed by atoms with Crippen molar-refractivity contribution >= 4 is 0 Å². The second kappa shape index (κ2) is 5.33. The van der Waals surface area contributed by atoms with Crippen molar-refractivity contribution in [3.05, 3.63) is 24.0 Å². The SMILES string of the molecule is NCC(c1ccc[nH]1)N1CCCCCC1. The van der Waals surface area contributed by atoms with Gasteiger partial charge in [0.05, 0.1) is 6.04 Å². The molecule has 3 heteroatoms. The topological polar surface area (TPSA) is 45.1 Å². The van der Waals surface area contributed by atoms with Gasteiger partial charge in [-0.3, -0.25) is 4.90 Å². The minimum absolute atomic E-state index is 0.387. The molecule has 84 valence electrons. The minimum Gasteiger partial charge on any atom is -0.364 e. The molecule has 1 aromatic heterocycles. The lowest BCUT2D eigenvalue weighted by Crippen LogP contribution is -2.34. The van der Waals surface area contributed by atoms with Crippen LogP contribution in [0.25, 0.3) is 0 Å². The molecule has 0 aromatic carbocycles. The van der Waals surface area contributed by atoms with E-state index in [-0.39, 0.29) is 0 Å². The van der Waals surface area contributed by atoms with Crippen LogP contribution < -0.4 is 5.73 Å². The molecule has 2 heterocycles. The van der Waals surface area contributed by atoms with Crippen LogP contribution in [0.4, 0.5) is 0 Å². The molecule has 0 aliphatic carbocycles. The highest BCUT2D eigenvalue weighted by atomic mass is 15.2. The number of rotatable bonds is 3. The third kappa shape index (κ3) is 2.61. The summed E-state index contributed by atoms with van der Waals surface area (Å²) in [4.78, 5) is 5.81. The number of aromatic amines is 1. The van der Waals surface area contributed by atoms with E-state index < -0.39 is 0 Å². The maximum atomic E-state index is 5.88. The van der Waals surface area contributed by atoms with Gasteiger partial charge in [0.1, 0.15) is 0 Å². The van der Waals surface area contributed by atoms with E-state index in [1.165, 1.54) is 44.5 Å². The fourth-order valence-corrected chi connectivity index (χ4v) is 2.43. The van der Waals surface area contributed by atoms with Crippen LogP contribution in [0.15, 0.2) is 18.3 Å². The van der Waals surface area contributed by atoms with Crippen molar-refractivity contribution in [3.63, 3.8) is 0 Å². The lowest BCUT2D eigenvalue weighted by Gasteiger charge is -2.28. The van der Waals surface area contributed by atoms with Gasteiger partial charge in [0.15, 0.2) is 0 Å². The molecule has 3 N–H and O–H groups in total. The first-order valence-corrected chi connectivity index (χ1v) is 5.99. The third-order valence-corrected chi connectivity index (χ3v) is 3.29. The number of nitrogens with one attached hydrogen (secondary N) is 1. The van der Waals surface area contributed by atoms with Gasteiger partial charge >= 0.3 is 0 Å². The Hall–Kier alpha value is -0.800. The number of hydrogen-bond acceptors (Lipinski definition) is 2. The largest absolute Gasteiger partial charge is 0.364 e. The van der Waals surface area contributed by atoms with Crippen molar-refractivity contribution < 1.29 is 0 Å². The van der Waals surface area contributed by atoms with Crippen molar-refractivity contribution in [1.29, 1.82) is 0 Å². The van der Waals surface area contributed by atoms with Gasteiger partial charge in [-0.1, -0.05) is 12.8 Å². The molecule has 0 amide bonds. The molecule has 2 rings (SSSR count). The molecule has 0 radical (unpaired) electrons. The van der Waals surface area contributed by atoms with Crippen LogP contribution in [0.3, 0.4) is 0 Å². The molecule has 1 saturated heterocycles. The molecule has 1 atom stereocenters. The molecule has 1 aliphatic heterocycles. The van der Waals surface area contributed by atoms with Crippen LogP contribution in [-0.4, -0.2) is 29.5 Å². The number of likely N-dealkylation sites (tertiary alicyclic amines) is 1. The number of hydrogen-bond donors (Lipinski definition) is 2. The van der Waals surface area contributed by atoms with Gasteiger partial charge in [0, 0.05) is 18.4 Å². The highest BCUT2D eigenvalue weighted by molar-refractivity contribution is 5.10. The number of H-pyrrole nitrogens is 1. The molecular weight excluding hydrogens is 186 g/mol. The molecule has 0 spiro atoms. The summed E-state index contributed by atoms with van der Waals surface area (Å²) in [5.41, 5.74) is 7.15. The van der Waals surface area contributed by atoms with E-state index in [0.717, 1.165) is 0 Å². The summed E-state index contributed by atoms with van der Waals surface area (Å²) in [6, 6.07) is 4.58. The van der Waals surface area contributed by atoms with Crippen molar-refractivity contribution in [2.75, 3.05) is 19.6 Å². The van der Waals surface area contributed by atoms with Crippen LogP contribution >= 0.6 is 0 Å². The monoisotopic (exact) mass is 207 g/mol. The predicted molar refractivity (Wildman–Crippen MR) is 62.6 cm³/mol. The summed E-state index contributed by atoms with van der Waals surface area (Å²) in [6.07, 6.45) is 7.36. The van der Waals surface area contributed by atoms with E-state index in [1.54, 1.807) is 0 Å².